The van der Waals surface area contributed by atoms with Crippen molar-refractivity contribution >= 4 is 17.7 Å². The summed E-state index contributed by atoms with van der Waals surface area (Å²) in [5.41, 5.74) is 2.62. The van der Waals surface area contributed by atoms with Gasteiger partial charge in [-0.05, 0) is 31.2 Å². The molecule has 0 aliphatic carbocycles. The third-order valence-electron chi connectivity index (χ3n) is 3.40. The Hall–Kier alpha value is -3.41. The van der Waals surface area contributed by atoms with Crippen LogP contribution in [0.25, 0.3) is 6.08 Å². The maximum absolute atomic E-state index is 11.9. The Morgan fingerprint density at radius 1 is 1.16 bits per heavy atom. The molecule has 25 heavy (non-hydrogen) atoms. The minimum Gasteiger partial charge on any atom is -0.439 e. The van der Waals surface area contributed by atoms with Crippen LogP contribution in [-0.4, -0.2) is 20.7 Å². The third kappa shape index (κ3) is 4.78. The topological polar surface area (TPSA) is 69.0 Å². The second kappa shape index (κ2) is 7.44. The Kier molecular flexibility index (Phi) is 4.89. The van der Waals surface area contributed by atoms with Crippen LogP contribution in [0.4, 0.5) is 5.69 Å². The van der Waals surface area contributed by atoms with E-state index in [1.165, 1.54) is 6.08 Å². The number of benzene rings is 1. The van der Waals surface area contributed by atoms with Crippen LogP contribution in [0.15, 0.2) is 61.1 Å². The largest absolute Gasteiger partial charge is 0.439 e. The number of ether oxygens (including phenoxy) is 1. The summed E-state index contributed by atoms with van der Waals surface area (Å²) in [4.78, 5) is 16.1. The van der Waals surface area contributed by atoms with Gasteiger partial charge in [-0.3, -0.25) is 9.48 Å². The molecular formula is C19H18N4O2. The van der Waals surface area contributed by atoms with Crippen molar-refractivity contribution in [3.05, 3.63) is 72.2 Å². The predicted octanol–water partition coefficient (Wildman–Crippen LogP) is 3.57. The number of rotatable bonds is 5. The first-order valence-electron chi connectivity index (χ1n) is 7.77. The Morgan fingerprint density at radius 2 is 1.96 bits per heavy atom. The normalized spacial score (nSPS) is 10.8. The Balaban J connectivity index is 1.57. The van der Waals surface area contributed by atoms with Gasteiger partial charge in [-0.2, -0.15) is 5.10 Å². The Labute approximate surface area is 145 Å². The van der Waals surface area contributed by atoms with Crippen molar-refractivity contribution in [1.82, 2.24) is 14.8 Å². The molecular weight excluding hydrogens is 316 g/mol. The van der Waals surface area contributed by atoms with Gasteiger partial charge in [0.1, 0.15) is 5.75 Å². The third-order valence-corrected chi connectivity index (χ3v) is 3.40. The summed E-state index contributed by atoms with van der Waals surface area (Å²) < 4.78 is 7.33. The zero-order chi connectivity index (χ0) is 17.6. The van der Waals surface area contributed by atoms with Crippen molar-refractivity contribution in [1.29, 1.82) is 0 Å². The smallest absolute Gasteiger partial charge is 0.248 e. The minimum absolute atomic E-state index is 0.238. The van der Waals surface area contributed by atoms with Gasteiger partial charge in [0.25, 0.3) is 0 Å². The summed E-state index contributed by atoms with van der Waals surface area (Å²) in [5, 5.41) is 6.78. The van der Waals surface area contributed by atoms with Crippen molar-refractivity contribution < 1.29 is 9.53 Å². The fraction of sp³-hybridized carbons (Fsp3) is 0.105. The Bertz CT molecular complexity index is 881. The second-order valence-electron chi connectivity index (χ2n) is 5.57. The molecule has 6 nitrogen and oxygen atoms in total. The van der Waals surface area contributed by atoms with E-state index in [0.717, 1.165) is 11.1 Å². The lowest BCUT2D eigenvalue weighted by molar-refractivity contribution is -0.111. The van der Waals surface area contributed by atoms with Gasteiger partial charge in [0, 0.05) is 31.0 Å². The van der Waals surface area contributed by atoms with Gasteiger partial charge in [-0.15, -0.1) is 0 Å². The van der Waals surface area contributed by atoms with Crippen molar-refractivity contribution in [3.63, 3.8) is 0 Å². The molecule has 0 unspecified atom stereocenters. The number of nitrogens with zero attached hydrogens (tertiary/aromatic N) is 3. The number of amides is 1. The lowest BCUT2D eigenvalue weighted by Crippen LogP contribution is -2.07. The molecule has 1 aromatic carbocycles. The molecule has 0 fully saturated rings. The molecule has 0 atom stereocenters. The highest BCUT2D eigenvalue weighted by Gasteiger charge is 2.02. The summed E-state index contributed by atoms with van der Waals surface area (Å²) >= 11 is 0. The average molecular weight is 334 g/mol. The van der Waals surface area contributed by atoms with E-state index in [9.17, 15) is 4.79 Å². The molecule has 0 aliphatic rings. The Morgan fingerprint density at radius 3 is 2.60 bits per heavy atom. The SMILES string of the molecule is Cc1ccc(Oc2ccc(NC(=O)/C=C\c3cnn(C)c3)cn2)cc1. The van der Waals surface area contributed by atoms with E-state index in [0.29, 0.717) is 17.3 Å². The maximum Gasteiger partial charge on any atom is 0.248 e. The van der Waals surface area contributed by atoms with Crippen molar-refractivity contribution in [3.8, 4) is 11.6 Å². The second-order valence-corrected chi connectivity index (χ2v) is 5.57. The molecule has 3 rings (SSSR count). The average Bonchev–Trinajstić information content (AvgIpc) is 3.02. The summed E-state index contributed by atoms with van der Waals surface area (Å²) in [6.45, 7) is 2.02. The number of carbonyl (C=O) groups excluding carboxylic acids is 1. The van der Waals surface area contributed by atoms with Crippen LogP contribution >= 0.6 is 0 Å². The summed E-state index contributed by atoms with van der Waals surface area (Å²) in [5.74, 6) is 0.944. The van der Waals surface area contributed by atoms with E-state index in [4.69, 9.17) is 4.74 Å². The first-order valence-corrected chi connectivity index (χ1v) is 7.77. The van der Waals surface area contributed by atoms with Gasteiger partial charge in [-0.25, -0.2) is 4.98 Å². The summed E-state index contributed by atoms with van der Waals surface area (Å²) in [6.07, 6.45) is 8.21. The van der Waals surface area contributed by atoms with Gasteiger partial charge in [0.15, 0.2) is 0 Å². The summed E-state index contributed by atoms with van der Waals surface area (Å²) in [7, 11) is 1.82. The number of nitrogens with one attached hydrogen (secondary N) is 1. The molecule has 0 saturated carbocycles. The molecule has 0 aliphatic heterocycles. The highest BCUT2D eigenvalue weighted by molar-refractivity contribution is 6.01. The van der Waals surface area contributed by atoms with Crippen LogP contribution in [0, 0.1) is 6.92 Å². The van der Waals surface area contributed by atoms with Gasteiger partial charge >= 0.3 is 0 Å². The number of carbonyl (C=O) groups is 1. The quantitative estimate of drug-likeness (QED) is 0.724. The molecule has 1 amide bonds. The predicted molar refractivity (Wildman–Crippen MR) is 96.4 cm³/mol. The van der Waals surface area contributed by atoms with Crippen molar-refractivity contribution in [2.75, 3.05) is 5.32 Å². The standard InChI is InChI=1S/C19H18N4O2/c1-14-3-7-17(8-4-14)25-19-10-6-16(12-20-19)22-18(24)9-5-15-11-21-23(2)13-15/h3-13H,1-2H3,(H,22,24)/b9-5-. The monoisotopic (exact) mass is 334 g/mol. The molecule has 0 radical (unpaired) electrons. The van der Waals surface area contributed by atoms with Gasteiger partial charge < -0.3 is 10.1 Å². The van der Waals surface area contributed by atoms with Crippen LogP contribution in [-0.2, 0) is 11.8 Å². The number of hydrogen-bond donors (Lipinski definition) is 1. The van der Waals surface area contributed by atoms with E-state index in [2.05, 4.69) is 15.4 Å². The molecule has 2 aromatic heterocycles. The molecule has 2 heterocycles. The van der Waals surface area contributed by atoms with E-state index < -0.39 is 0 Å². The zero-order valence-electron chi connectivity index (χ0n) is 14.0. The van der Waals surface area contributed by atoms with Crippen molar-refractivity contribution in [2.24, 2.45) is 7.05 Å². The van der Waals surface area contributed by atoms with Crippen LogP contribution in [0.5, 0.6) is 11.6 Å². The first-order chi connectivity index (χ1) is 12.1. The van der Waals surface area contributed by atoms with Crippen LogP contribution < -0.4 is 10.1 Å². The fourth-order valence-electron chi connectivity index (χ4n) is 2.12. The first kappa shape index (κ1) is 16.4. The summed E-state index contributed by atoms with van der Waals surface area (Å²) in [6, 6.07) is 11.2. The highest BCUT2D eigenvalue weighted by Crippen LogP contribution is 2.20. The molecule has 126 valence electrons. The molecule has 1 N–H and O–H groups in total. The minimum atomic E-state index is -0.238. The van der Waals surface area contributed by atoms with Crippen molar-refractivity contribution in [2.45, 2.75) is 6.92 Å². The lowest BCUT2D eigenvalue weighted by atomic mass is 10.2. The van der Waals surface area contributed by atoms with Gasteiger partial charge in [0.05, 0.1) is 18.1 Å². The highest BCUT2D eigenvalue weighted by atomic mass is 16.5. The molecule has 0 saturated heterocycles. The van der Waals surface area contributed by atoms with E-state index >= 15 is 0 Å². The van der Waals surface area contributed by atoms with E-state index in [1.54, 1.807) is 35.3 Å². The van der Waals surface area contributed by atoms with E-state index in [-0.39, 0.29) is 5.91 Å². The number of anilines is 1. The molecule has 0 spiro atoms. The van der Waals surface area contributed by atoms with Crippen LogP contribution in [0.2, 0.25) is 0 Å². The molecule has 6 heteroatoms. The molecule has 0 bridgehead atoms. The number of aryl methyl sites for hydroxylation is 2. The molecule has 3 aromatic rings. The number of pyridine rings is 1. The lowest BCUT2D eigenvalue weighted by Gasteiger charge is -2.06. The number of aromatic nitrogens is 3. The van der Waals surface area contributed by atoms with Gasteiger partial charge in [0.2, 0.25) is 11.8 Å². The van der Waals surface area contributed by atoms with Crippen LogP contribution in [0.3, 0.4) is 0 Å². The van der Waals surface area contributed by atoms with Crippen LogP contribution in [0.1, 0.15) is 11.1 Å². The van der Waals surface area contributed by atoms with E-state index in [1.807, 2.05) is 44.4 Å². The zero-order valence-corrected chi connectivity index (χ0v) is 14.0. The number of hydrogen-bond acceptors (Lipinski definition) is 4. The maximum atomic E-state index is 11.9. The van der Waals surface area contributed by atoms with Gasteiger partial charge in [-0.1, -0.05) is 17.7 Å². The fourth-order valence-corrected chi connectivity index (χ4v) is 2.12.